The van der Waals surface area contributed by atoms with Gasteiger partial charge in [0.25, 0.3) is 5.91 Å². The second-order valence-corrected chi connectivity index (χ2v) is 6.79. The third kappa shape index (κ3) is 3.04. The van der Waals surface area contributed by atoms with Crippen LogP contribution in [0.5, 0.6) is 0 Å². The first kappa shape index (κ1) is 16.6. The Morgan fingerprint density at radius 2 is 1.92 bits per heavy atom. The zero-order valence-electron chi connectivity index (χ0n) is 14.3. The largest absolute Gasteiger partial charge is 0.359 e. The van der Waals surface area contributed by atoms with Gasteiger partial charge in [0.1, 0.15) is 6.17 Å². The molecular formula is C21H18ClN3O. The maximum Gasteiger partial charge on any atom is 0.258 e. The molecule has 1 N–H and O–H groups in total. The summed E-state index contributed by atoms with van der Waals surface area (Å²) in [5, 5.41) is 4.03. The number of hydrogen-bond acceptors (Lipinski definition) is 3. The number of nitrogens with one attached hydrogen (secondary N) is 1. The molecule has 0 aliphatic carbocycles. The third-order valence-electron chi connectivity index (χ3n) is 4.51. The van der Waals surface area contributed by atoms with Crippen LogP contribution in [0.4, 0.5) is 5.69 Å². The summed E-state index contributed by atoms with van der Waals surface area (Å²) in [6.07, 6.45) is 1.35. The first-order valence-electron chi connectivity index (χ1n) is 8.46. The zero-order valence-corrected chi connectivity index (χ0v) is 15.1. The third-order valence-corrected chi connectivity index (χ3v) is 4.83. The van der Waals surface area contributed by atoms with Crippen molar-refractivity contribution < 1.29 is 4.79 Å². The van der Waals surface area contributed by atoms with Gasteiger partial charge in [-0.2, -0.15) is 0 Å². The fourth-order valence-corrected chi connectivity index (χ4v) is 3.50. The van der Waals surface area contributed by atoms with Crippen LogP contribution in [0, 0.1) is 6.92 Å². The molecule has 5 heteroatoms. The van der Waals surface area contributed by atoms with Crippen LogP contribution >= 0.6 is 11.6 Å². The number of amides is 1. The summed E-state index contributed by atoms with van der Waals surface area (Å²) < 4.78 is 0. The Balaban J connectivity index is 1.71. The highest BCUT2D eigenvalue weighted by Crippen LogP contribution is 2.36. The molecule has 1 aliphatic heterocycles. The van der Waals surface area contributed by atoms with Crippen LogP contribution in [0.2, 0.25) is 5.02 Å². The minimum atomic E-state index is -0.362. The van der Waals surface area contributed by atoms with Gasteiger partial charge in [-0.3, -0.25) is 9.78 Å². The summed E-state index contributed by atoms with van der Waals surface area (Å²) >= 11 is 6.39. The lowest BCUT2D eigenvalue weighted by molar-refractivity contribution is 0.0728. The second-order valence-electron chi connectivity index (χ2n) is 6.39. The number of pyridine rings is 1. The Morgan fingerprint density at radius 1 is 1.12 bits per heavy atom. The molecule has 0 unspecified atom stereocenters. The summed E-state index contributed by atoms with van der Waals surface area (Å²) in [5.74, 6) is -0.0299. The van der Waals surface area contributed by atoms with Crippen LogP contribution in [0.1, 0.15) is 33.3 Å². The van der Waals surface area contributed by atoms with Gasteiger partial charge < -0.3 is 10.2 Å². The van der Waals surface area contributed by atoms with Crippen molar-refractivity contribution >= 4 is 23.2 Å². The zero-order chi connectivity index (χ0) is 18.1. The van der Waals surface area contributed by atoms with Crippen molar-refractivity contribution in [2.45, 2.75) is 19.6 Å². The van der Waals surface area contributed by atoms with Crippen molar-refractivity contribution in [2.75, 3.05) is 5.32 Å². The molecule has 0 saturated heterocycles. The molecule has 1 amide bonds. The number of fused-ring (bicyclic) bond motifs is 1. The highest BCUT2D eigenvalue weighted by molar-refractivity contribution is 6.33. The molecule has 0 radical (unpaired) electrons. The van der Waals surface area contributed by atoms with Gasteiger partial charge in [-0.1, -0.05) is 48.0 Å². The number of carbonyl (C=O) groups is 1. The predicted octanol–water partition coefficient (Wildman–Crippen LogP) is 4.81. The Kier molecular flexibility index (Phi) is 4.35. The van der Waals surface area contributed by atoms with Crippen LogP contribution in [-0.2, 0) is 6.54 Å². The highest BCUT2D eigenvalue weighted by atomic mass is 35.5. The van der Waals surface area contributed by atoms with Gasteiger partial charge >= 0.3 is 0 Å². The molecule has 4 nitrogen and oxygen atoms in total. The summed E-state index contributed by atoms with van der Waals surface area (Å²) in [5.41, 5.74) is 4.29. The van der Waals surface area contributed by atoms with Crippen LogP contribution in [0.3, 0.4) is 0 Å². The molecule has 0 fully saturated rings. The van der Waals surface area contributed by atoms with Gasteiger partial charge in [-0.25, -0.2) is 0 Å². The molecule has 130 valence electrons. The molecule has 0 saturated carbocycles. The van der Waals surface area contributed by atoms with E-state index in [4.69, 9.17) is 11.6 Å². The summed E-state index contributed by atoms with van der Waals surface area (Å²) in [6, 6.07) is 19.4. The SMILES string of the molecule is Cc1ccc(N[C@H]2c3ncccc3C(=O)N2Cc2ccccc2)c(Cl)c1. The summed E-state index contributed by atoms with van der Waals surface area (Å²) in [4.78, 5) is 19.2. The van der Waals surface area contributed by atoms with E-state index < -0.39 is 0 Å². The van der Waals surface area contributed by atoms with Crippen molar-refractivity contribution in [2.24, 2.45) is 0 Å². The van der Waals surface area contributed by atoms with E-state index in [0.29, 0.717) is 17.1 Å². The Hall–Kier alpha value is -2.85. The predicted molar refractivity (Wildman–Crippen MR) is 103 cm³/mol. The topological polar surface area (TPSA) is 45.2 Å². The van der Waals surface area contributed by atoms with Crippen molar-refractivity contribution in [3.63, 3.8) is 0 Å². The standard InChI is InChI=1S/C21H18ClN3O/c1-14-9-10-18(17(22)12-14)24-20-19-16(8-5-11-23-19)21(26)25(20)13-15-6-3-2-4-7-15/h2-12,20,24H,13H2,1H3/t20-/m1/s1. The molecule has 2 aromatic carbocycles. The molecule has 1 aliphatic rings. The summed E-state index contributed by atoms with van der Waals surface area (Å²) in [7, 11) is 0. The van der Waals surface area contributed by atoms with Gasteiger partial charge in [0.2, 0.25) is 0 Å². The quantitative estimate of drug-likeness (QED) is 0.723. The number of benzene rings is 2. The van der Waals surface area contributed by atoms with E-state index in [1.54, 1.807) is 17.2 Å². The van der Waals surface area contributed by atoms with Crippen molar-refractivity contribution in [1.82, 2.24) is 9.88 Å². The molecule has 1 atom stereocenters. The van der Waals surface area contributed by atoms with E-state index >= 15 is 0 Å². The monoisotopic (exact) mass is 363 g/mol. The van der Waals surface area contributed by atoms with Crippen LogP contribution < -0.4 is 5.32 Å². The lowest BCUT2D eigenvalue weighted by Gasteiger charge is -2.27. The number of aromatic nitrogens is 1. The molecule has 26 heavy (non-hydrogen) atoms. The van der Waals surface area contributed by atoms with Gasteiger partial charge in [-0.05, 0) is 42.3 Å². The van der Waals surface area contributed by atoms with Gasteiger partial charge in [-0.15, -0.1) is 0 Å². The average Bonchev–Trinajstić information content (AvgIpc) is 2.91. The maximum absolute atomic E-state index is 13.0. The molecule has 1 aromatic heterocycles. The first-order valence-corrected chi connectivity index (χ1v) is 8.84. The molecule has 2 heterocycles. The maximum atomic E-state index is 13.0. The van der Waals surface area contributed by atoms with Crippen molar-refractivity contribution in [3.05, 3.63) is 94.3 Å². The van der Waals surface area contributed by atoms with E-state index in [1.807, 2.05) is 61.5 Å². The van der Waals surface area contributed by atoms with E-state index in [1.165, 1.54) is 0 Å². The fraction of sp³-hybridized carbons (Fsp3) is 0.143. The van der Waals surface area contributed by atoms with Gasteiger partial charge in [0.15, 0.2) is 0 Å². The number of anilines is 1. The minimum Gasteiger partial charge on any atom is -0.359 e. The lowest BCUT2D eigenvalue weighted by atomic mass is 10.2. The Morgan fingerprint density at radius 3 is 2.69 bits per heavy atom. The van der Waals surface area contributed by atoms with E-state index in [9.17, 15) is 4.79 Å². The van der Waals surface area contributed by atoms with E-state index in [0.717, 1.165) is 22.5 Å². The molecule has 0 spiro atoms. The highest BCUT2D eigenvalue weighted by Gasteiger charge is 2.38. The van der Waals surface area contributed by atoms with Crippen LogP contribution in [-0.4, -0.2) is 15.8 Å². The number of aryl methyl sites for hydroxylation is 1. The number of carbonyl (C=O) groups excluding carboxylic acids is 1. The molecular weight excluding hydrogens is 346 g/mol. The normalized spacial score (nSPS) is 15.8. The summed E-state index contributed by atoms with van der Waals surface area (Å²) in [6.45, 7) is 2.49. The molecule has 4 rings (SSSR count). The van der Waals surface area contributed by atoms with E-state index in [-0.39, 0.29) is 12.1 Å². The van der Waals surface area contributed by atoms with Crippen LogP contribution in [0.15, 0.2) is 66.9 Å². The minimum absolute atomic E-state index is 0.0299. The van der Waals surface area contributed by atoms with Gasteiger partial charge in [0, 0.05) is 12.7 Å². The number of halogens is 1. The Labute approximate surface area is 157 Å². The molecule has 3 aromatic rings. The fourth-order valence-electron chi connectivity index (χ4n) is 3.21. The smallest absolute Gasteiger partial charge is 0.258 e. The number of hydrogen-bond donors (Lipinski definition) is 1. The second kappa shape index (κ2) is 6.81. The number of nitrogens with zero attached hydrogens (tertiary/aromatic N) is 2. The lowest BCUT2D eigenvalue weighted by Crippen LogP contribution is -2.32. The Bertz CT molecular complexity index is 958. The van der Waals surface area contributed by atoms with E-state index in [2.05, 4.69) is 10.3 Å². The average molecular weight is 364 g/mol. The van der Waals surface area contributed by atoms with Gasteiger partial charge in [0.05, 0.1) is 22.0 Å². The van der Waals surface area contributed by atoms with Crippen molar-refractivity contribution in [1.29, 1.82) is 0 Å². The van der Waals surface area contributed by atoms with Crippen molar-refractivity contribution in [3.8, 4) is 0 Å². The number of rotatable bonds is 4. The molecule has 0 bridgehead atoms. The van der Waals surface area contributed by atoms with Crippen LogP contribution in [0.25, 0.3) is 0 Å². The first-order chi connectivity index (χ1) is 12.6.